The Morgan fingerprint density at radius 2 is 2.11 bits per heavy atom. The highest BCUT2D eigenvalue weighted by Gasteiger charge is 2.17. The zero-order valence-corrected chi connectivity index (χ0v) is 10.4. The number of phosphoric ester groups is 1. The van der Waals surface area contributed by atoms with Crippen LogP contribution in [0.3, 0.4) is 0 Å². The third kappa shape index (κ3) is 4.25. The summed E-state index contributed by atoms with van der Waals surface area (Å²) in [6, 6.07) is 1.12. The molecule has 1 rings (SSSR count). The topological polar surface area (TPSA) is 129 Å². The zero-order chi connectivity index (χ0) is 13.9. The molecule has 0 radical (unpaired) electrons. The molecular formula is C9H14NO7P. The highest BCUT2D eigenvalue weighted by Crippen LogP contribution is 2.35. The van der Waals surface area contributed by atoms with E-state index in [0.29, 0.717) is 0 Å². The molecule has 0 spiro atoms. The lowest BCUT2D eigenvalue weighted by molar-refractivity contribution is 0.0726. The summed E-state index contributed by atoms with van der Waals surface area (Å²) in [6.07, 6.45) is 0.177. The second kappa shape index (κ2) is 5.64. The lowest BCUT2D eigenvalue weighted by Crippen LogP contribution is -2.23. The van der Waals surface area contributed by atoms with Crippen LogP contribution in [-0.2, 0) is 15.6 Å². The third-order valence-electron chi connectivity index (χ3n) is 2.26. The standard InChI is InChI=1S/C9H14NO7P/c1-6-9(13)8(12)2-3-10(6)4-7(11)5-17-18(14,15)16/h2-3,7,11,13H,4-5H2,1H3,(H2,14,15,16)/t7-/m0/s1. The van der Waals surface area contributed by atoms with Crippen LogP contribution in [0.15, 0.2) is 17.1 Å². The maximum atomic E-state index is 11.1. The van der Waals surface area contributed by atoms with Crippen molar-refractivity contribution in [3.05, 3.63) is 28.2 Å². The van der Waals surface area contributed by atoms with Crippen molar-refractivity contribution < 1.29 is 29.1 Å². The minimum atomic E-state index is -4.62. The van der Waals surface area contributed by atoms with Gasteiger partial charge in [0.25, 0.3) is 0 Å². The molecule has 1 aromatic rings. The molecule has 0 unspecified atom stereocenters. The van der Waals surface area contributed by atoms with Crippen molar-refractivity contribution in [2.24, 2.45) is 0 Å². The first-order chi connectivity index (χ1) is 8.20. The van der Waals surface area contributed by atoms with E-state index < -0.39 is 31.7 Å². The molecule has 102 valence electrons. The smallest absolute Gasteiger partial charge is 0.469 e. The largest absolute Gasteiger partial charge is 0.503 e. The normalized spacial score (nSPS) is 13.6. The van der Waals surface area contributed by atoms with Crippen LogP contribution in [0.5, 0.6) is 5.75 Å². The Hall–Kier alpha value is -1.18. The molecule has 0 bridgehead atoms. The second-order valence-electron chi connectivity index (χ2n) is 3.71. The van der Waals surface area contributed by atoms with Crippen LogP contribution in [0, 0.1) is 6.92 Å². The van der Waals surface area contributed by atoms with Gasteiger partial charge in [0.2, 0.25) is 5.43 Å². The summed E-state index contributed by atoms with van der Waals surface area (Å²) in [6.45, 7) is 0.851. The van der Waals surface area contributed by atoms with Crippen LogP contribution in [0.25, 0.3) is 0 Å². The summed E-state index contributed by atoms with van der Waals surface area (Å²) in [5, 5.41) is 18.9. The van der Waals surface area contributed by atoms with Gasteiger partial charge in [0.15, 0.2) is 5.75 Å². The van der Waals surface area contributed by atoms with Gasteiger partial charge in [0.1, 0.15) is 0 Å². The number of aromatic nitrogens is 1. The van der Waals surface area contributed by atoms with E-state index >= 15 is 0 Å². The van der Waals surface area contributed by atoms with Crippen LogP contribution >= 0.6 is 7.82 Å². The van der Waals surface area contributed by atoms with Crippen LogP contribution in [0.1, 0.15) is 5.69 Å². The third-order valence-corrected chi connectivity index (χ3v) is 2.74. The Labute approximate surface area is 102 Å². The summed E-state index contributed by atoms with van der Waals surface area (Å²) in [7, 11) is -4.62. The van der Waals surface area contributed by atoms with E-state index in [2.05, 4.69) is 4.52 Å². The first kappa shape index (κ1) is 14.9. The molecule has 1 heterocycles. The van der Waals surface area contributed by atoms with Gasteiger partial charge in [0, 0.05) is 12.3 Å². The lowest BCUT2D eigenvalue weighted by Gasteiger charge is -2.16. The fourth-order valence-electron chi connectivity index (χ4n) is 1.32. The highest BCUT2D eigenvalue weighted by atomic mass is 31.2. The number of nitrogens with zero attached hydrogens (tertiary/aromatic N) is 1. The molecule has 9 heteroatoms. The predicted molar refractivity (Wildman–Crippen MR) is 61.1 cm³/mol. The molecular weight excluding hydrogens is 265 g/mol. The highest BCUT2D eigenvalue weighted by molar-refractivity contribution is 7.46. The number of aromatic hydroxyl groups is 1. The van der Waals surface area contributed by atoms with Gasteiger partial charge in [-0.05, 0) is 6.92 Å². The molecule has 1 atom stereocenters. The number of rotatable bonds is 5. The number of hydrogen-bond donors (Lipinski definition) is 4. The van der Waals surface area contributed by atoms with E-state index in [-0.39, 0.29) is 12.2 Å². The van der Waals surface area contributed by atoms with Gasteiger partial charge < -0.3 is 24.6 Å². The molecule has 0 aliphatic heterocycles. The average molecular weight is 279 g/mol. The van der Waals surface area contributed by atoms with Gasteiger partial charge in [-0.2, -0.15) is 0 Å². The number of aliphatic hydroxyl groups is 1. The van der Waals surface area contributed by atoms with E-state index in [1.54, 1.807) is 0 Å². The van der Waals surface area contributed by atoms with E-state index in [4.69, 9.17) is 9.79 Å². The summed E-state index contributed by atoms with van der Waals surface area (Å²) in [4.78, 5) is 28.0. The van der Waals surface area contributed by atoms with E-state index in [9.17, 15) is 19.6 Å². The Bertz CT molecular complexity index is 520. The quantitative estimate of drug-likeness (QED) is 0.526. The number of phosphoric acid groups is 1. The Morgan fingerprint density at radius 3 is 2.67 bits per heavy atom. The van der Waals surface area contributed by atoms with Crippen LogP contribution in [-0.4, -0.2) is 37.3 Å². The first-order valence-corrected chi connectivity index (χ1v) is 6.51. The Morgan fingerprint density at radius 1 is 1.50 bits per heavy atom. The Kier molecular flexibility index (Phi) is 4.66. The maximum absolute atomic E-state index is 11.1. The van der Waals surface area contributed by atoms with E-state index in [1.807, 2.05) is 0 Å². The minimum absolute atomic E-state index is 0.0698. The van der Waals surface area contributed by atoms with Crippen LogP contribution in [0.2, 0.25) is 0 Å². The van der Waals surface area contributed by atoms with Crippen molar-refractivity contribution in [2.75, 3.05) is 6.61 Å². The molecule has 0 saturated carbocycles. The van der Waals surface area contributed by atoms with Crippen molar-refractivity contribution in [2.45, 2.75) is 19.6 Å². The fraction of sp³-hybridized carbons (Fsp3) is 0.444. The van der Waals surface area contributed by atoms with Crippen LogP contribution < -0.4 is 5.43 Å². The summed E-state index contributed by atoms with van der Waals surface area (Å²) in [5.74, 6) is -0.430. The molecule has 8 nitrogen and oxygen atoms in total. The molecule has 0 aliphatic rings. The molecule has 4 N–H and O–H groups in total. The molecule has 0 fully saturated rings. The molecule has 0 amide bonds. The Balaban J connectivity index is 2.71. The number of hydrogen-bond acceptors (Lipinski definition) is 5. The molecule has 0 saturated heterocycles. The second-order valence-corrected chi connectivity index (χ2v) is 4.95. The SMILES string of the molecule is Cc1c(O)c(=O)ccn1C[C@H](O)COP(=O)(O)O. The molecule has 0 aromatic carbocycles. The van der Waals surface area contributed by atoms with E-state index in [0.717, 1.165) is 6.07 Å². The zero-order valence-electron chi connectivity index (χ0n) is 9.55. The van der Waals surface area contributed by atoms with Crippen molar-refractivity contribution >= 4 is 7.82 Å². The average Bonchev–Trinajstić information content (AvgIpc) is 2.26. The van der Waals surface area contributed by atoms with Gasteiger partial charge in [-0.3, -0.25) is 9.32 Å². The van der Waals surface area contributed by atoms with Crippen molar-refractivity contribution in [1.29, 1.82) is 0 Å². The van der Waals surface area contributed by atoms with Crippen molar-refractivity contribution in [1.82, 2.24) is 4.57 Å². The van der Waals surface area contributed by atoms with Gasteiger partial charge >= 0.3 is 7.82 Å². The number of pyridine rings is 1. The van der Waals surface area contributed by atoms with Gasteiger partial charge in [-0.25, -0.2) is 4.57 Å². The van der Waals surface area contributed by atoms with Gasteiger partial charge in [-0.1, -0.05) is 0 Å². The number of aliphatic hydroxyl groups excluding tert-OH is 1. The maximum Gasteiger partial charge on any atom is 0.469 e. The first-order valence-electron chi connectivity index (χ1n) is 4.98. The lowest BCUT2D eigenvalue weighted by atomic mass is 10.3. The van der Waals surface area contributed by atoms with Crippen molar-refractivity contribution in [3.8, 4) is 5.75 Å². The van der Waals surface area contributed by atoms with E-state index in [1.165, 1.54) is 17.7 Å². The molecule has 1 aromatic heterocycles. The van der Waals surface area contributed by atoms with Gasteiger partial charge in [-0.15, -0.1) is 0 Å². The van der Waals surface area contributed by atoms with Crippen molar-refractivity contribution in [3.63, 3.8) is 0 Å². The predicted octanol–water partition coefficient (Wildman–Crippen LogP) is -0.667. The summed E-state index contributed by atoms with van der Waals surface area (Å²) in [5.41, 5.74) is -0.289. The summed E-state index contributed by atoms with van der Waals surface area (Å²) >= 11 is 0. The van der Waals surface area contributed by atoms with Crippen LogP contribution in [0.4, 0.5) is 0 Å². The molecule has 18 heavy (non-hydrogen) atoms. The monoisotopic (exact) mass is 279 g/mol. The van der Waals surface area contributed by atoms with Gasteiger partial charge in [0.05, 0.1) is 24.9 Å². The minimum Gasteiger partial charge on any atom is -0.503 e. The summed E-state index contributed by atoms with van der Waals surface area (Å²) < 4.78 is 15.9. The fourth-order valence-corrected chi connectivity index (χ4v) is 1.69. The molecule has 0 aliphatic carbocycles.